The maximum atomic E-state index is 14.1. The second-order valence-electron chi connectivity index (χ2n) is 11.0. The Morgan fingerprint density at radius 2 is 1.34 bits per heavy atom. The van der Waals surface area contributed by atoms with Crippen LogP contribution in [0.1, 0.15) is 68.3 Å². The number of nitrogens with zero attached hydrogens (tertiary/aromatic N) is 1. The van der Waals surface area contributed by atoms with E-state index in [1.165, 1.54) is 24.3 Å². The Labute approximate surface area is 256 Å². The number of aryl methyl sites for hydroxylation is 1. The zero-order valence-electron chi connectivity index (χ0n) is 24.3. The standard InChI is InChI=1S/C34H36F2N2O5.CH4/c1-20(2)38-29(17-16-27(39)18-28(40)19-30(41)42)31(22-6-10-24(35)11-7-22)32(23-8-12-25(36)13-9-23)33(38)34(43)37-26-14-4-21(3)5-15-26;/h4-15,20,27-28,39-40H,16-19H2,1-3H3,(H,37,43)(H,41,42);1H4/t27-,28-;/m1./s1. The second kappa shape index (κ2) is 14.9. The average molecular weight is 607 g/mol. The van der Waals surface area contributed by atoms with Crippen molar-refractivity contribution < 1.29 is 33.7 Å². The Morgan fingerprint density at radius 1 is 0.818 bits per heavy atom. The Balaban J connectivity index is 0.00000529. The lowest BCUT2D eigenvalue weighted by atomic mass is 9.92. The van der Waals surface area contributed by atoms with Gasteiger partial charge in [-0.1, -0.05) is 49.4 Å². The van der Waals surface area contributed by atoms with E-state index in [1.807, 2.05) is 37.5 Å². The normalized spacial score (nSPS) is 12.5. The minimum atomic E-state index is -1.22. The summed E-state index contributed by atoms with van der Waals surface area (Å²) in [6.07, 6.45) is -2.46. The van der Waals surface area contributed by atoms with Crippen LogP contribution in [0.2, 0.25) is 0 Å². The summed E-state index contributed by atoms with van der Waals surface area (Å²) in [6, 6.07) is 18.8. The Bertz CT molecular complexity index is 1560. The highest BCUT2D eigenvalue weighted by Crippen LogP contribution is 2.43. The summed E-state index contributed by atoms with van der Waals surface area (Å²) in [7, 11) is 0. The van der Waals surface area contributed by atoms with Crippen molar-refractivity contribution in [3.8, 4) is 22.3 Å². The number of carbonyl (C=O) groups is 2. The van der Waals surface area contributed by atoms with Gasteiger partial charge in [0.1, 0.15) is 17.3 Å². The zero-order chi connectivity index (χ0) is 31.3. The molecule has 2 atom stereocenters. The van der Waals surface area contributed by atoms with Crippen LogP contribution < -0.4 is 5.32 Å². The molecule has 44 heavy (non-hydrogen) atoms. The number of halogens is 2. The molecule has 0 spiro atoms. The third kappa shape index (κ3) is 8.18. The monoisotopic (exact) mass is 606 g/mol. The molecule has 7 nitrogen and oxygen atoms in total. The van der Waals surface area contributed by atoms with Crippen molar-refractivity contribution in [2.75, 3.05) is 5.32 Å². The number of aromatic nitrogens is 1. The fourth-order valence-corrected chi connectivity index (χ4v) is 5.35. The summed E-state index contributed by atoms with van der Waals surface area (Å²) in [6.45, 7) is 5.78. The largest absolute Gasteiger partial charge is 0.481 e. The Morgan fingerprint density at radius 3 is 1.84 bits per heavy atom. The molecule has 0 fully saturated rings. The van der Waals surface area contributed by atoms with Crippen molar-refractivity contribution in [2.24, 2.45) is 0 Å². The van der Waals surface area contributed by atoms with Crippen molar-refractivity contribution in [3.63, 3.8) is 0 Å². The number of amides is 1. The van der Waals surface area contributed by atoms with Crippen molar-refractivity contribution in [2.45, 2.75) is 72.1 Å². The van der Waals surface area contributed by atoms with E-state index in [9.17, 15) is 28.6 Å². The number of nitrogens with one attached hydrogen (secondary N) is 1. The molecule has 0 saturated carbocycles. The van der Waals surface area contributed by atoms with Crippen molar-refractivity contribution in [1.29, 1.82) is 0 Å². The zero-order valence-corrected chi connectivity index (χ0v) is 24.3. The number of anilines is 1. The van der Waals surface area contributed by atoms with Crippen LogP contribution in [0.4, 0.5) is 14.5 Å². The van der Waals surface area contributed by atoms with Gasteiger partial charge in [-0.2, -0.15) is 0 Å². The molecule has 9 heteroatoms. The van der Waals surface area contributed by atoms with Crippen LogP contribution in [0.5, 0.6) is 0 Å². The molecule has 0 radical (unpaired) electrons. The van der Waals surface area contributed by atoms with Crippen LogP contribution in [-0.4, -0.2) is 44.0 Å². The van der Waals surface area contributed by atoms with E-state index < -0.39 is 42.1 Å². The van der Waals surface area contributed by atoms with Gasteiger partial charge in [0.2, 0.25) is 0 Å². The minimum absolute atomic E-state index is 0. The molecule has 0 saturated heterocycles. The number of carbonyl (C=O) groups excluding carboxylic acids is 1. The minimum Gasteiger partial charge on any atom is -0.481 e. The molecular weight excluding hydrogens is 566 g/mol. The summed E-state index contributed by atoms with van der Waals surface area (Å²) in [4.78, 5) is 25.1. The summed E-state index contributed by atoms with van der Waals surface area (Å²) in [5.41, 5.74) is 4.98. The fraction of sp³-hybridized carbons (Fsp3) is 0.314. The predicted molar refractivity (Wildman–Crippen MR) is 169 cm³/mol. The first-order valence-corrected chi connectivity index (χ1v) is 14.2. The van der Waals surface area contributed by atoms with Gasteiger partial charge < -0.3 is 25.2 Å². The summed E-state index contributed by atoms with van der Waals surface area (Å²) < 4.78 is 30.0. The highest BCUT2D eigenvalue weighted by atomic mass is 19.1. The smallest absolute Gasteiger partial charge is 0.305 e. The number of aliphatic carboxylic acids is 1. The quantitative estimate of drug-likeness (QED) is 0.134. The lowest BCUT2D eigenvalue weighted by Gasteiger charge is -2.20. The molecule has 3 aromatic carbocycles. The van der Waals surface area contributed by atoms with E-state index in [4.69, 9.17) is 5.11 Å². The van der Waals surface area contributed by atoms with E-state index in [-0.39, 0.29) is 32.7 Å². The molecule has 0 bridgehead atoms. The van der Waals surface area contributed by atoms with Crippen LogP contribution >= 0.6 is 0 Å². The molecule has 4 aromatic rings. The number of aliphatic hydroxyl groups excluding tert-OH is 2. The highest BCUT2D eigenvalue weighted by molar-refractivity contribution is 6.11. The van der Waals surface area contributed by atoms with Crippen LogP contribution in [0.3, 0.4) is 0 Å². The summed E-state index contributed by atoms with van der Waals surface area (Å²) >= 11 is 0. The molecule has 1 aromatic heterocycles. The van der Waals surface area contributed by atoms with Gasteiger partial charge in [0.15, 0.2) is 0 Å². The molecule has 234 valence electrons. The van der Waals surface area contributed by atoms with Crippen molar-refractivity contribution in [1.82, 2.24) is 4.57 Å². The molecule has 0 aliphatic heterocycles. The Kier molecular flexibility index (Phi) is 11.6. The first-order valence-electron chi connectivity index (χ1n) is 14.2. The first-order chi connectivity index (χ1) is 20.4. The van der Waals surface area contributed by atoms with E-state index >= 15 is 0 Å². The van der Waals surface area contributed by atoms with E-state index in [0.29, 0.717) is 39.3 Å². The van der Waals surface area contributed by atoms with Crippen LogP contribution in [-0.2, 0) is 11.2 Å². The third-order valence-corrected chi connectivity index (χ3v) is 7.28. The maximum absolute atomic E-state index is 14.1. The molecule has 0 unspecified atom stereocenters. The van der Waals surface area contributed by atoms with Gasteiger partial charge in [0, 0.05) is 28.6 Å². The van der Waals surface area contributed by atoms with Gasteiger partial charge >= 0.3 is 5.97 Å². The molecule has 4 N–H and O–H groups in total. The fourth-order valence-electron chi connectivity index (χ4n) is 5.35. The number of aliphatic hydroxyl groups is 2. The Hall–Kier alpha value is -4.34. The van der Waals surface area contributed by atoms with Gasteiger partial charge in [0.05, 0.1) is 18.6 Å². The highest BCUT2D eigenvalue weighted by Gasteiger charge is 2.30. The van der Waals surface area contributed by atoms with Crippen LogP contribution in [0, 0.1) is 18.6 Å². The lowest BCUT2D eigenvalue weighted by molar-refractivity contribution is -0.139. The van der Waals surface area contributed by atoms with Gasteiger partial charge in [-0.3, -0.25) is 9.59 Å². The van der Waals surface area contributed by atoms with Crippen LogP contribution in [0.25, 0.3) is 22.3 Å². The molecule has 0 aliphatic rings. The predicted octanol–water partition coefficient (Wildman–Crippen LogP) is 7.40. The maximum Gasteiger partial charge on any atom is 0.305 e. The number of rotatable bonds is 12. The summed E-state index contributed by atoms with van der Waals surface area (Å²) in [5.74, 6) is -2.44. The van der Waals surface area contributed by atoms with Crippen LogP contribution in [0.15, 0.2) is 72.8 Å². The number of hydrogen-bond acceptors (Lipinski definition) is 4. The number of carboxylic acid groups (broad SMARTS) is 1. The molecule has 1 heterocycles. The van der Waals surface area contributed by atoms with Crippen molar-refractivity contribution >= 4 is 17.6 Å². The number of hydrogen-bond donors (Lipinski definition) is 4. The number of carboxylic acids is 1. The van der Waals surface area contributed by atoms with Gasteiger partial charge in [-0.15, -0.1) is 0 Å². The lowest BCUT2D eigenvalue weighted by Crippen LogP contribution is -2.22. The SMILES string of the molecule is C.Cc1ccc(NC(=O)c2c(-c3ccc(F)cc3)c(-c3ccc(F)cc3)c(CC[C@@H](O)C[C@@H](O)CC(=O)O)n2C(C)C)cc1. The van der Waals surface area contributed by atoms with E-state index in [2.05, 4.69) is 5.32 Å². The molecule has 4 rings (SSSR count). The average Bonchev–Trinajstić information content (AvgIpc) is 3.29. The van der Waals surface area contributed by atoms with E-state index in [1.54, 1.807) is 36.4 Å². The molecule has 1 amide bonds. The summed E-state index contributed by atoms with van der Waals surface area (Å²) in [5, 5.41) is 32.8. The van der Waals surface area contributed by atoms with Gasteiger partial charge in [-0.05, 0) is 87.6 Å². The second-order valence-corrected chi connectivity index (χ2v) is 11.0. The van der Waals surface area contributed by atoms with Crippen molar-refractivity contribution in [3.05, 3.63) is 101 Å². The van der Waals surface area contributed by atoms with E-state index in [0.717, 1.165) is 5.56 Å². The van der Waals surface area contributed by atoms with Gasteiger partial charge in [-0.25, -0.2) is 8.78 Å². The topological polar surface area (TPSA) is 112 Å². The number of benzene rings is 3. The third-order valence-electron chi connectivity index (χ3n) is 7.28. The van der Waals surface area contributed by atoms with Gasteiger partial charge in [0.25, 0.3) is 5.91 Å². The first kappa shape index (κ1) is 34.2. The molecular formula is C35H40F2N2O5. The molecule has 0 aliphatic carbocycles.